The molecule has 1 aromatic heterocycles. The van der Waals surface area contributed by atoms with Crippen molar-refractivity contribution in [3.63, 3.8) is 0 Å². The molecule has 0 unspecified atom stereocenters. The Morgan fingerprint density at radius 3 is 2.44 bits per heavy atom. The molecular weight excluding hydrogens is 550 g/mol. The highest BCUT2D eigenvalue weighted by Crippen LogP contribution is 2.48. The van der Waals surface area contributed by atoms with Crippen LogP contribution in [0.2, 0.25) is 0 Å². The molecule has 1 aliphatic rings. The summed E-state index contributed by atoms with van der Waals surface area (Å²) in [5.41, 5.74) is -0.860. The summed E-state index contributed by atoms with van der Waals surface area (Å²) in [7, 11) is 1.57. The first-order valence-electron chi connectivity index (χ1n) is 12.3. The summed E-state index contributed by atoms with van der Waals surface area (Å²) in [5.74, 6) is 1.15. The number of pyridine rings is 1. The van der Waals surface area contributed by atoms with Gasteiger partial charge >= 0.3 is 12.2 Å². The number of hydrogen-bond donors (Lipinski definition) is 2. The van der Waals surface area contributed by atoms with E-state index in [2.05, 4.69) is 15.6 Å². The number of urea groups is 1. The number of alkyl halides is 3. The van der Waals surface area contributed by atoms with E-state index in [1.807, 2.05) is 0 Å². The molecule has 0 aliphatic carbocycles. The minimum atomic E-state index is -4.69. The molecule has 1 aliphatic heterocycles. The number of ether oxygens (including phenoxy) is 5. The standard InChI is InChI=1S/C28H23F4N3O6/c1-37-10-11-38-23-15-21-24(26-25(23)39-12-13-40-26)22(8-9-33-21)41-18-5-3-17(4-6-18)34-27(36)35-20-14-16(28(30,31)32)2-7-19(20)29/h2-9,14-15H,10-13H2,1H3,(H2,34,35,36). The summed E-state index contributed by atoms with van der Waals surface area (Å²) >= 11 is 0. The summed E-state index contributed by atoms with van der Waals surface area (Å²) in [6.45, 7) is 1.36. The molecule has 0 saturated carbocycles. The van der Waals surface area contributed by atoms with Crippen LogP contribution < -0.4 is 29.6 Å². The number of methoxy groups -OCH3 is 1. The highest BCUT2D eigenvalue weighted by molar-refractivity contribution is 6.00. The molecule has 0 radical (unpaired) electrons. The second-order valence-electron chi connectivity index (χ2n) is 8.67. The van der Waals surface area contributed by atoms with Crippen molar-refractivity contribution in [3.8, 4) is 28.7 Å². The molecule has 5 rings (SSSR count). The van der Waals surface area contributed by atoms with Crippen molar-refractivity contribution < 1.29 is 46.0 Å². The number of amides is 2. The molecule has 214 valence electrons. The van der Waals surface area contributed by atoms with E-state index in [0.29, 0.717) is 84.3 Å². The molecule has 0 atom stereocenters. The summed E-state index contributed by atoms with van der Waals surface area (Å²) < 4.78 is 81.4. The maximum Gasteiger partial charge on any atom is 0.416 e. The van der Waals surface area contributed by atoms with Crippen molar-refractivity contribution in [2.24, 2.45) is 0 Å². The van der Waals surface area contributed by atoms with Gasteiger partial charge in [-0.25, -0.2) is 9.18 Å². The summed E-state index contributed by atoms with van der Waals surface area (Å²) in [5, 5.41) is 5.11. The Bertz CT molecular complexity index is 1560. The van der Waals surface area contributed by atoms with Gasteiger partial charge in [-0.1, -0.05) is 0 Å². The van der Waals surface area contributed by atoms with Crippen LogP contribution in [0.15, 0.2) is 60.8 Å². The maximum atomic E-state index is 14.0. The van der Waals surface area contributed by atoms with Crippen molar-refractivity contribution in [2.45, 2.75) is 6.18 Å². The van der Waals surface area contributed by atoms with E-state index in [9.17, 15) is 22.4 Å². The molecule has 0 spiro atoms. The van der Waals surface area contributed by atoms with Gasteiger partial charge in [-0.3, -0.25) is 4.98 Å². The maximum absolute atomic E-state index is 14.0. The average molecular weight is 573 g/mol. The average Bonchev–Trinajstić information content (AvgIpc) is 2.95. The number of halogens is 4. The second kappa shape index (κ2) is 11.8. The number of carbonyl (C=O) groups is 1. The Morgan fingerprint density at radius 2 is 1.71 bits per heavy atom. The molecular formula is C28H23F4N3O6. The molecule has 9 nitrogen and oxygen atoms in total. The Labute approximate surface area is 230 Å². The van der Waals surface area contributed by atoms with E-state index in [-0.39, 0.29) is 5.69 Å². The van der Waals surface area contributed by atoms with Gasteiger partial charge in [-0.05, 0) is 48.5 Å². The van der Waals surface area contributed by atoms with E-state index in [0.717, 1.165) is 0 Å². The number of hydrogen-bond acceptors (Lipinski definition) is 7. The Kier molecular flexibility index (Phi) is 7.97. The molecule has 2 heterocycles. The van der Waals surface area contributed by atoms with Crippen molar-refractivity contribution in [1.82, 2.24) is 4.98 Å². The van der Waals surface area contributed by atoms with Gasteiger partial charge in [0.2, 0.25) is 5.75 Å². The van der Waals surface area contributed by atoms with E-state index >= 15 is 0 Å². The number of anilines is 2. The van der Waals surface area contributed by atoms with Gasteiger partial charge in [-0.15, -0.1) is 0 Å². The number of benzene rings is 3. The summed E-state index contributed by atoms with van der Waals surface area (Å²) in [4.78, 5) is 16.7. The zero-order valence-corrected chi connectivity index (χ0v) is 21.5. The number of rotatable bonds is 8. The van der Waals surface area contributed by atoms with E-state index in [1.165, 1.54) is 12.1 Å². The highest BCUT2D eigenvalue weighted by Gasteiger charge is 2.31. The smallest absolute Gasteiger partial charge is 0.416 e. The van der Waals surface area contributed by atoms with Gasteiger partial charge in [0.15, 0.2) is 11.5 Å². The third-order valence-corrected chi connectivity index (χ3v) is 5.87. The minimum Gasteiger partial charge on any atom is -0.487 e. The summed E-state index contributed by atoms with van der Waals surface area (Å²) in [6.07, 6.45) is -3.12. The van der Waals surface area contributed by atoms with Crippen LogP contribution in [-0.2, 0) is 10.9 Å². The van der Waals surface area contributed by atoms with Crippen LogP contribution in [0.1, 0.15) is 5.56 Å². The number of nitrogens with one attached hydrogen (secondary N) is 2. The van der Waals surface area contributed by atoms with Crippen LogP contribution in [-0.4, -0.2) is 44.6 Å². The van der Waals surface area contributed by atoms with Gasteiger partial charge in [0.1, 0.15) is 37.1 Å². The van der Waals surface area contributed by atoms with E-state index in [4.69, 9.17) is 23.7 Å². The lowest BCUT2D eigenvalue weighted by Crippen LogP contribution is -2.20. The molecule has 2 N–H and O–H groups in total. The third kappa shape index (κ3) is 6.35. The van der Waals surface area contributed by atoms with Gasteiger partial charge in [0.25, 0.3) is 0 Å². The van der Waals surface area contributed by atoms with Crippen molar-refractivity contribution in [1.29, 1.82) is 0 Å². The van der Waals surface area contributed by atoms with Crippen molar-refractivity contribution in [3.05, 3.63) is 72.2 Å². The molecule has 3 aromatic carbocycles. The fraction of sp³-hybridized carbons (Fsp3) is 0.214. The first kappa shape index (κ1) is 27.8. The highest BCUT2D eigenvalue weighted by atomic mass is 19.4. The van der Waals surface area contributed by atoms with Crippen molar-refractivity contribution >= 4 is 28.3 Å². The van der Waals surface area contributed by atoms with Gasteiger partial charge in [0, 0.05) is 25.1 Å². The molecule has 13 heteroatoms. The lowest BCUT2D eigenvalue weighted by molar-refractivity contribution is -0.137. The SMILES string of the molecule is COCCOc1cc2nccc(Oc3ccc(NC(=O)Nc4cc(C(F)(F)F)ccc4F)cc3)c2c2c1OCCO2. The first-order chi connectivity index (χ1) is 19.7. The number of aromatic nitrogens is 1. The van der Waals surface area contributed by atoms with Crippen LogP contribution in [0.4, 0.5) is 33.7 Å². The Morgan fingerprint density at radius 1 is 0.951 bits per heavy atom. The first-order valence-corrected chi connectivity index (χ1v) is 12.3. The lowest BCUT2D eigenvalue weighted by atomic mass is 10.1. The van der Waals surface area contributed by atoms with Crippen LogP contribution >= 0.6 is 0 Å². The summed E-state index contributed by atoms with van der Waals surface area (Å²) in [6, 6.07) is 10.4. The monoisotopic (exact) mass is 573 g/mol. The van der Waals surface area contributed by atoms with Gasteiger partial charge < -0.3 is 34.3 Å². The zero-order valence-electron chi connectivity index (χ0n) is 21.5. The Balaban J connectivity index is 1.32. The van der Waals surface area contributed by atoms with Crippen LogP contribution in [0.3, 0.4) is 0 Å². The Hall–Kier alpha value is -4.78. The fourth-order valence-corrected chi connectivity index (χ4v) is 4.02. The molecule has 0 saturated heterocycles. The molecule has 0 bridgehead atoms. The molecule has 0 fully saturated rings. The number of fused-ring (bicyclic) bond motifs is 3. The predicted octanol–water partition coefficient (Wildman–Crippen LogP) is 6.63. The second-order valence-corrected chi connectivity index (χ2v) is 8.67. The quantitative estimate of drug-likeness (QED) is 0.180. The predicted molar refractivity (Wildman–Crippen MR) is 141 cm³/mol. The van der Waals surface area contributed by atoms with Crippen LogP contribution in [0.25, 0.3) is 10.9 Å². The number of carbonyl (C=O) groups excluding carboxylic acids is 1. The number of nitrogens with zero attached hydrogens (tertiary/aromatic N) is 1. The minimum absolute atomic E-state index is 0.286. The third-order valence-electron chi connectivity index (χ3n) is 5.87. The topological polar surface area (TPSA) is 100 Å². The zero-order chi connectivity index (χ0) is 29.0. The van der Waals surface area contributed by atoms with Crippen molar-refractivity contribution in [2.75, 3.05) is 44.2 Å². The normalized spacial score (nSPS) is 12.6. The largest absolute Gasteiger partial charge is 0.487 e. The molecule has 4 aromatic rings. The lowest BCUT2D eigenvalue weighted by Gasteiger charge is -2.23. The van der Waals surface area contributed by atoms with E-state index in [1.54, 1.807) is 37.6 Å². The van der Waals surface area contributed by atoms with E-state index < -0.39 is 29.3 Å². The van der Waals surface area contributed by atoms with Gasteiger partial charge in [-0.2, -0.15) is 13.2 Å². The van der Waals surface area contributed by atoms with Crippen LogP contribution in [0, 0.1) is 5.82 Å². The molecule has 2 amide bonds. The molecule has 41 heavy (non-hydrogen) atoms. The van der Waals surface area contributed by atoms with Gasteiger partial charge in [0.05, 0.1) is 28.8 Å². The fourth-order valence-electron chi connectivity index (χ4n) is 4.02. The van der Waals surface area contributed by atoms with Crippen LogP contribution in [0.5, 0.6) is 28.7 Å².